The van der Waals surface area contributed by atoms with E-state index in [0.717, 1.165) is 0 Å². The van der Waals surface area contributed by atoms with Crippen LogP contribution in [0.1, 0.15) is 13.0 Å². The molecule has 0 fully saturated rings. The summed E-state index contributed by atoms with van der Waals surface area (Å²) >= 11 is 5.05. The number of fused-ring (bicyclic) bond motifs is 1. The molecule has 1 atom stereocenters. The van der Waals surface area contributed by atoms with Crippen molar-refractivity contribution in [3.05, 3.63) is 27.4 Å². The first-order chi connectivity index (χ1) is 9.29. The Morgan fingerprint density at radius 3 is 2.85 bits per heavy atom. The lowest BCUT2D eigenvalue weighted by Crippen LogP contribution is -2.23. The normalized spacial score (nSPS) is 13.8. The number of aromatic amines is 2. The van der Waals surface area contributed by atoms with Crippen molar-refractivity contribution in [2.75, 3.05) is 13.2 Å². The Hall–Kier alpha value is -1.61. The van der Waals surface area contributed by atoms with Gasteiger partial charge < -0.3 is 14.3 Å². The number of aromatic nitrogens is 3. The number of halogens is 3. The molecule has 0 amide bonds. The number of rotatable bonds is 4. The first-order valence-corrected chi connectivity index (χ1v) is 6.17. The molecule has 2 N–H and O–H groups in total. The van der Waals surface area contributed by atoms with Crippen LogP contribution in [0.2, 0.25) is 0 Å². The van der Waals surface area contributed by atoms with Gasteiger partial charge in [-0.1, -0.05) is 0 Å². The van der Waals surface area contributed by atoms with Gasteiger partial charge in [0.05, 0.1) is 18.2 Å². The highest BCUT2D eigenvalue weighted by Gasteiger charge is 2.27. The summed E-state index contributed by atoms with van der Waals surface area (Å²) in [5, 5.41) is 0. The molecule has 0 aliphatic rings. The van der Waals surface area contributed by atoms with Crippen LogP contribution >= 0.6 is 12.2 Å². The van der Waals surface area contributed by atoms with Crippen LogP contribution in [0.25, 0.3) is 11.0 Å². The second kappa shape index (κ2) is 5.41. The van der Waals surface area contributed by atoms with Crippen LogP contribution in [0.15, 0.2) is 17.1 Å². The van der Waals surface area contributed by atoms with E-state index in [2.05, 4.69) is 14.7 Å². The van der Waals surface area contributed by atoms with Gasteiger partial charge in [0.1, 0.15) is 12.1 Å². The predicted molar refractivity (Wildman–Crippen MR) is 69.3 cm³/mol. The zero-order valence-corrected chi connectivity index (χ0v) is 11.3. The van der Waals surface area contributed by atoms with Crippen molar-refractivity contribution >= 4 is 23.3 Å². The van der Waals surface area contributed by atoms with Crippen LogP contribution in [0.3, 0.4) is 0 Å². The largest absolute Gasteiger partial charge is 0.411 e. The first kappa shape index (κ1) is 14.8. The fourth-order valence-electron chi connectivity index (χ4n) is 1.93. The van der Waals surface area contributed by atoms with Crippen molar-refractivity contribution in [2.45, 2.75) is 19.1 Å². The van der Waals surface area contributed by atoms with Crippen LogP contribution in [0.5, 0.6) is 0 Å². The van der Waals surface area contributed by atoms with E-state index in [0.29, 0.717) is 11.0 Å². The molecule has 0 bridgehead atoms. The van der Waals surface area contributed by atoms with Crippen molar-refractivity contribution in [2.24, 2.45) is 0 Å². The third kappa shape index (κ3) is 3.10. The Morgan fingerprint density at radius 1 is 1.50 bits per heavy atom. The molecule has 0 saturated carbocycles. The molecular formula is C11H12F3N3O2S. The zero-order valence-electron chi connectivity index (χ0n) is 10.5. The number of hydrogen-bond donors (Lipinski definition) is 2. The molecule has 2 rings (SSSR count). The minimum absolute atomic E-state index is 0.144. The average molecular weight is 307 g/mol. The minimum atomic E-state index is -4.37. The third-order valence-corrected chi connectivity index (χ3v) is 3.02. The van der Waals surface area contributed by atoms with Crippen LogP contribution in [-0.2, 0) is 4.74 Å². The predicted octanol–water partition coefficient (Wildman–Crippen LogP) is 2.53. The number of hydrogen-bond acceptors (Lipinski definition) is 3. The highest BCUT2D eigenvalue weighted by atomic mass is 32.1. The molecule has 0 radical (unpaired) electrons. The lowest BCUT2D eigenvalue weighted by Gasteiger charge is -2.18. The van der Waals surface area contributed by atoms with E-state index in [1.54, 1.807) is 23.8 Å². The van der Waals surface area contributed by atoms with Gasteiger partial charge in [0, 0.05) is 6.20 Å². The van der Waals surface area contributed by atoms with Crippen molar-refractivity contribution in [3.63, 3.8) is 0 Å². The fraction of sp³-hybridized carbons (Fsp3) is 0.455. The van der Waals surface area contributed by atoms with Gasteiger partial charge >= 0.3 is 6.18 Å². The van der Waals surface area contributed by atoms with Crippen LogP contribution < -0.4 is 5.56 Å². The molecule has 20 heavy (non-hydrogen) atoms. The Balaban J connectivity index is 2.26. The quantitative estimate of drug-likeness (QED) is 0.853. The molecular weight excluding hydrogens is 295 g/mol. The second-order valence-corrected chi connectivity index (χ2v) is 4.73. The molecule has 0 aliphatic heterocycles. The van der Waals surface area contributed by atoms with Crippen molar-refractivity contribution in [1.82, 2.24) is 14.5 Å². The highest BCUT2D eigenvalue weighted by molar-refractivity contribution is 7.71. The third-order valence-electron chi connectivity index (χ3n) is 2.72. The summed E-state index contributed by atoms with van der Waals surface area (Å²) in [5.74, 6) is 0. The summed E-state index contributed by atoms with van der Waals surface area (Å²) in [5.41, 5.74) is 0.484. The summed E-state index contributed by atoms with van der Waals surface area (Å²) in [6.45, 7) is 0.182. The number of nitrogens with zero attached hydrogens (tertiary/aromatic N) is 1. The number of ether oxygens (including phenoxy) is 1. The molecule has 0 saturated heterocycles. The van der Waals surface area contributed by atoms with Crippen molar-refractivity contribution in [3.8, 4) is 0 Å². The second-order valence-electron chi connectivity index (χ2n) is 4.35. The van der Waals surface area contributed by atoms with Crippen LogP contribution in [-0.4, -0.2) is 33.9 Å². The molecule has 2 aromatic rings. The van der Waals surface area contributed by atoms with E-state index in [-0.39, 0.29) is 16.9 Å². The van der Waals surface area contributed by atoms with Gasteiger partial charge in [-0.3, -0.25) is 9.78 Å². The molecule has 2 heterocycles. The van der Waals surface area contributed by atoms with Crippen LogP contribution in [0.4, 0.5) is 13.2 Å². The minimum Gasteiger partial charge on any atom is -0.370 e. The SMILES string of the molecule is CC(COCC(F)(F)F)n1c(=S)[nH]c(=O)c2[nH]ccc21. The maximum absolute atomic E-state index is 12.0. The zero-order chi connectivity index (χ0) is 14.9. The molecule has 110 valence electrons. The topological polar surface area (TPSA) is 62.8 Å². The van der Waals surface area contributed by atoms with Gasteiger partial charge in [-0.25, -0.2) is 0 Å². The summed E-state index contributed by atoms with van der Waals surface area (Å²) in [6, 6.07) is 1.20. The smallest absolute Gasteiger partial charge is 0.370 e. The number of H-pyrrole nitrogens is 2. The monoisotopic (exact) mass is 307 g/mol. The highest BCUT2D eigenvalue weighted by Crippen LogP contribution is 2.18. The van der Waals surface area contributed by atoms with Gasteiger partial charge in [0.25, 0.3) is 5.56 Å². The lowest BCUT2D eigenvalue weighted by molar-refractivity contribution is -0.175. The molecule has 0 spiro atoms. The standard InChI is InChI=1S/C11H12F3N3O2S/c1-6(4-19-5-11(12,13)14)17-7-2-3-15-8(7)9(18)16-10(17)20/h2-3,6,15H,4-5H2,1H3,(H,16,18,20). The lowest BCUT2D eigenvalue weighted by atomic mass is 10.3. The number of nitrogens with one attached hydrogen (secondary N) is 2. The maximum Gasteiger partial charge on any atom is 0.411 e. The number of alkyl halides is 3. The first-order valence-electron chi connectivity index (χ1n) is 5.76. The molecule has 0 aromatic carbocycles. The maximum atomic E-state index is 12.0. The summed E-state index contributed by atoms with van der Waals surface area (Å²) in [4.78, 5) is 16.9. The Morgan fingerprint density at radius 2 is 2.20 bits per heavy atom. The van der Waals surface area contributed by atoms with E-state index in [1.165, 1.54) is 0 Å². The molecule has 2 aromatic heterocycles. The summed E-state index contributed by atoms with van der Waals surface area (Å²) in [6.07, 6.45) is -2.80. The van der Waals surface area contributed by atoms with Crippen molar-refractivity contribution < 1.29 is 17.9 Å². The Bertz CT molecular complexity index is 716. The van der Waals surface area contributed by atoms with E-state index in [4.69, 9.17) is 12.2 Å². The molecule has 5 nitrogen and oxygen atoms in total. The van der Waals surface area contributed by atoms with Gasteiger partial charge in [-0.05, 0) is 25.2 Å². The van der Waals surface area contributed by atoms with Gasteiger partial charge in [0.15, 0.2) is 4.77 Å². The van der Waals surface area contributed by atoms with Crippen molar-refractivity contribution in [1.29, 1.82) is 0 Å². The Kier molecular flexibility index (Phi) is 4.00. The molecule has 9 heteroatoms. The van der Waals surface area contributed by atoms with Gasteiger partial charge in [-0.15, -0.1) is 0 Å². The van der Waals surface area contributed by atoms with Gasteiger partial charge in [0.2, 0.25) is 0 Å². The Labute approximate surface area is 116 Å². The summed E-state index contributed by atoms with van der Waals surface area (Å²) in [7, 11) is 0. The van der Waals surface area contributed by atoms with Gasteiger partial charge in [-0.2, -0.15) is 13.2 Å². The summed E-state index contributed by atoms with van der Waals surface area (Å²) < 4.78 is 42.4. The van der Waals surface area contributed by atoms with E-state index >= 15 is 0 Å². The molecule has 0 aliphatic carbocycles. The van der Waals surface area contributed by atoms with Crippen LogP contribution in [0, 0.1) is 4.77 Å². The van der Waals surface area contributed by atoms with E-state index < -0.39 is 18.8 Å². The fourth-order valence-corrected chi connectivity index (χ4v) is 2.30. The molecule has 1 unspecified atom stereocenters. The van der Waals surface area contributed by atoms with E-state index in [9.17, 15) is 18.0 Å². The van der Waals surface area contributed by atoms with E-state index in [1.807, 2.05) is 0 Å². The average Bonchev–Trinajstić information content (AvgIpc) is 2.76.